The standard InChI is InChI=1S/C18H24F2N4O6S/c1-6-11-10(7(2)22-16(26)14(19)20)17(27)24(11)12(18(28)29)13(6)31-8-4-9(21-5-8)15(25)23-30-3/h6-11,14,21H,4-5H2,1-3H3,(H,22,26)(H,23,25)(H,28,29)/t6-,7?,8+,9+,10-,11-/m1/s1. The average Bonchev–Trinajstić information content (AvgIpc) is 3.24. The van der Waals surface area contributed by atoms with E-state index in [1.165, 1.54) is 30.7 Å². The van der Waals surface area contributed by atoms with Gasteiger partial charge in [0.1, 0.15) is 5.70 Å². The zero-order chi connectivity index (χ0) is 23.0. The highest BCUT2D eigenvalue weighted by Crippen LogP contribution is 2.51. The Morgan fingerprint density at radius 1 is 1.35 bits per heavy atom. The van der Waals surface area contributed by atoms with Crippen LogP contribution in [0.5, 0.6) is 0 Å². The summed E-state index contributed by atoms with van der Waals surface area (Å²) in [5.41, 5.74) is 2.13. The molecule has 0 bridgehead atoms. The van der Waals surface area contributed by atoms with E-state index in [1.54, 1.807) is 6.92 Å². The van der Waals surface area contributed by atoms with Crippen LogP contribution in [0.15, 0.2) is 10.6 Å². The number of aliphatic carboxylic acids is 1. The van der Waals surface area contributed by atoms with Gasteiger partial charge in [-0.3, -0.25) is 19.2 Å². The molecule has 0 radical (unpaired) electrons. The normalized spacial score (nSPS) is 30.8. The molecule has 172 valence electrons. The number of carbonyl (C=O) groups is 4. The summed E-state index contributed by atoms with van der Waals surface area (Å²) < 4.78 is 25.1. The molecular formula is C18H24F2N4O6S. The van der Waals surface area contributed by atoms with Crippen LogP contribution >= 0.6 is 11.8 Å². The fourth-order valence-corrected chi connectivity index (χ4v) is 5.90. The number of carboxylic acids is 1. The van der Waals surface area contributed by atoms with Crippen LogP contribution in [-0.4, -0.2) is 77.2 Å². The number of amides is 3. The van der Waals surface area contributed by atoms with Gasteiger partial charge in [-0.25, -0.2) is 10.3 Å². The maximum Gasteiger partial charge on any atom is 0.353 e. The highest BCUT2D eigenvalue weighted by atomic mass is 32.2. The number of halogens is 2. The van der Waals surface area contributed by atoms with Crippen molar-refractivity contribution in [1.29, 1.82) is 0 Å². The summed E-state index contributed by atoms with van der Waals surface area (Å²) in [7, 11) is 1.33. The first-order chi connectivity index (χ1) is 14.6. The molecule has 3 aliphatic heterocycles. The first-order valence-corrected chi connectivity index (χ1v) is 10.6. The van der Waals surface area contributed by atoms with Crippen LogP contribution in [0.4, 0.5) is 8.78 Å². The Balaban J connectivity index is 1.74. The average molecular weight is 462 g/mol. The molecular weight excluding hydrogens is 438 g/mol. The SMILES string of the molecule is CONC(=O)[C@@H]1C[C@H](SC2=C(C(=O)O)N3C(=O)[C@H](C(C)NC(=O)C(F)F)[C@H]3[C@H]2C)CN1. The molecule has 0 spiro atoms. The maximum absolute atomic E-state index is 12.7. The molecule has 0 saturated carbocycles. The van der Waals surface area contributed by atoms with Crippen molar-refractivity contribution < 1.29 is 37.9 Å². The fraction of sp³-hybridized carbons (Fsp3) is 0.667. The second kappa shape index (κ2) is 9.09. The predicted molar refractivity (Wildman–Crippen MR) is 104 cm³/mol. The van der Waals surface area contributed by atoms with E-state index in [-0.39, 0.29) is 22.8 Å². The van der Waals surface area contributed by atoms with Gasteiger partial charge >= 0.3 is 12.4 Å². The largest absolute Gasteiger partial charge is 0.477 e. The van der Waals surface area contributed by atoms with Gasteiger partial charge in [-0.05, 0) is 13.3 Å². The number of alkyl halides is 2. The summed E-state index contributed by atoms with van der Waals surface area (Å²) in [5, 5.41) is 14.8. The molecule has 3 rings (SSSR count). The number of thioether (sulfide) groups is 1. The Bertz CT molecular complexity index is 825. The molecule has 0 aliphatic carbocycles. The number of β-lactam (4-membered cyclic amide) rings is 1. The Morgan fingerprint density at radius 3 is 2.61 bits per heavy atom. The van der Waals surface area contributed by atoms with Crippen molar-refractivity contribution in [3.63, 3.8) is 0 Å². The van der Waals surface area contributed by atoms with Crippen molar-refractivity contribution >= 4 is 35.5 Å². The second-order valence-corrected chi connectivity index (χ2v) is 9.08. The van der Waals surface area contributed by atoms with Gasteiger partial charge in [-0.1, -0.05) is 6.92 Å². The van der Waals surface area contributed by atoms with E-state index in [4.69, 9.17) is 0 Å². The first kappa shape index (κ1) is 23.4. The minimum atomic E-state index is -3.20. The molecule has 1 unspecified atom stereocenters. The van der Waals surface area contributed by atoms with Gasteiger partial charge in [-0.2, -0.15) is 8.78 Å². The summed E-state index contributed by atoms with van der Waals surface area (Å²) in [6.45, 7) is 3.69. The molecule has 3 heterocycles. The van der Waals surface area contributed by atoms with Crippen molar-refractivity contribution in [2.75, 3.05) is 13.7 Å². The van der Waals surface area contributed by atoms with E-state index in [0.717, 1.165) is 0 Å². The molecule has 13 heteroatoms. The Kier molecular flexibility index (Phi) is 6.86. The molecule has 0 aromatic rings. The lowest BCUT2D eigenvalue weighted by atomic mass is 9.78. The lowest BCUT2D eigenvalue weighted by molar-refractivity contribution is -0.159. The molecule has 3 aliphatic rings. The van der Waals surface area contributed by atoms with E-state index < -0.39 is 48.3 Å². The van der Waals surface area contributed by atoms with Crippen molar-refractivity contribution in [2.24, 2.45) is 11.8 Å². The van der Waals surface area contributed by atoms with Crippen LogP contribution < -0.4 is 16.1 Å². The van der Waals surface area contributed by atoms with Crippen LogP contribution in [0.2, 0.25) is 0 Å². The molecule has 6 atom stereocenters. The quantitative estimate of drug-likeness (QED) is 0.284. The zero-order valence-electron chi connectivity index (χ0n) is 17.1. The van der Waals surface area contributed by atoms with E-state index in [1.807, 2.05) is 0 Å². The van der Waals surface area contributed by atoms with Crippen LogP contribution in [0.3, 0.4) is 0 Å². The Hall–Kier alpha value is -2.25. The number of carboxylic acid groups (broad SMARTS) is 1. The Labute approximate surface area is 181 Å². The monoisotopic (exact) mass is 462 g/mol. The van der Waals surface area contributed by atoms with E-state index in [0.29, 0.717) is 17.9 Å². The molecule has 0 aromatic heterocycles. The third kappa shape index (κ3) is 4.26. The van der Waals surface area contributed by atoms with E-state index in [9.17, 15) is 33.1 Å². The minimum Gasteiger partial charge on any atom is -0.477 e. The van der Waals surface area contributed by atoms with Crippen molar-refractivity contribution in [2.45, 2.75) is 50.1 Å². The molecule has 4 N–H and O–H groups in total. The number of rotatable bonds is 8. The van der Waals surface area contributed by atoms with E-state index in [2.05, 4.69) is 21.0 Å². The smallest absolute Gasteiger partial charge is 0.353 e. The number of carbonyl (C=O) groups excluding carboxylic acids is 3. The summed E-state index contributed by atoms with van der Waals surface area (Å²) in [6, 6.07) is -1.90. The number of fused-ring (bicyclic) bond motifs is 1. The van der Waals surface area contributed by atoms with Crippen molar-refractivity contribution in [3.05, 3.63) is 10.6 Å². The van der Waals surface area contributed by atoms with Gasteiger partial charge in [0.05, 0.1) is 25.1 Å². The van der Waals surface area contributed by atoms with Crippen molar-refractivity contribution in [1.82, 2.24) is 21.0 Å². The van der Waals surface area contributed by atoms with Crippen LogP contribution in [0.25, 0.3) is 0 Å². The number of nitrogens with one attached hydrogen (secondary N) is 3. The second-order valence-electron chi connectivity index (χ2n) is 7.74. The van der Waals surface area contributed by atoms with Gasteiger partial charge in [0, 0.05) is 28.7 Å². The predicted octanol–water partition coefficient (Wildman–Crippen LogP) is -0.330. The summed E-state index contributed by atoms with van der Waals surface area (Å²) in [5.74, 6) is -4.74. The molecule has 3 amide bonds. The lowest BCUT2D eigenvalue weighted by Gasteiger charge is -2.47. The molecule has 0 aromatic carbocycles. The molecule has 10 nitrogen and oxygen atoms in total. The van der Waals surface area contributed by atoms with Crippen molar-refractivity contribution in [3.8, 4) is 0 Å². The lowest BCUT2D eigenvalue weighted by Crippen LogP contribution is -2.66. The van der Waals surface area contributed by atoms with Crippen LogP contribution in [-0.2, 0) is 24.0 Å². The fourth-order valence-electron chi connectivity index (χ4n) is 4.42. The summed E-state index contributed by atoms with van der Waals surface area (Å²) in [6.07, 6.45) is -2.77. The van der Waals surface area contributed by atoms with Gasteiger partial charge < -0.3 is 20.6 Å². The van der Waals surface area contributed by atoms with Gasteiger partial charge in [0.25, 0.3) is 11.8 Å². The number of nitrogens with zero attached hydrogens (tertiary/aromatic N) is 1. The summed E-state index contributed by atoms with van der Waals surface area (Å²) >= 11 is 1.29. The van der Waals surface area contributed by atoms with Gasteiger partial charge in [0.15, 0.2) is 0 Å². The Morgan fingerprint density at radius 2 is 2.03 bits per heavy atom. The van der Waals surface area contributed by atoms with E-state index >= 15 is 0 Å². The highest BCUT2D eigenvalue weighted by Gasteiger charge is 2.60. The first-order valence-electron chi connectivity index (χ1n) is 9.70. The molecule has 2 fully saturated rings. The minimum absolute atomic E-state index is 0.109. The third-order valence-electron chi connectivity index (χ3n) is 5.80. The summed E-state index contributed by atoms with van der Waals surface area (Å²) in [4.78, 5) is 54.2. The highest BCUT2D eigenvalue weighted by molar-refractivity contribution is 8.03. The zero-order valence-corrected chi connectivity index (χ0v) is 17.9. The van der Waals surface area contributed by atoms with Gasteiger partial charge in [-0.15, -0.1) is 11.8 Å². The maximum atomic E-state index is 12.7. The number of hydrogen-bond acceptors (Lipinski definition) is 7. The topological polar surface area (TPSA) is 137 Å². The third-order valence-corrected chi connectivity index (χ3v) is 7.31. The number of hydrogen-bond donors (Lipinski definition) is 4. The molecule has 2 saturated heterocycles. The van der Waals surface area contributed by atoms with Crippen LogP contribution in [0, 0.1) is 11.8 Å². The van der Waals surface area contributed by atoms with Crippen LogP contribution in [0.1, 0.15) is 20.3 Å². The molecule has 31 heavy (non-hydrogen) atoms. The number of hydroxylamine groups is 1. The van der Waals surface area contributed by atoms with Gasteiger partial charge in [0.2, 0.25) is 5.91 Å².